The van der Waals surface area contributed by atoms with Gasteiger partial charge in [-0.05, 0) is 55.7 Å². The van der Waals surface area contributed by atoms with Crippen LogP contribution in [-0.4, -0.2) is 27.7 Å². The molecular formula is C19H20N4O2S. The second-order valence-electron chi connectivity index (χ2n) is 6.40. The molecule has 2 atom stereocenters. The topological polar surface area (TPSA) is 68.3 Å². The Balaban J connectivity index is 1.65. The summed E-state index contributed by atoms with van der Waals surface area (Å²) in [5, 5.41) is 11.6. The number of rotatable bonds is 6. The molecule has 1 aliphatic carbocycles. The minimum absolute atomic E-state index is 0.408. The first-order valence-corrected chi connectivity index (χ1v) is 9.12. The van der Waals surface area contributed by atoms with Gasteiger partial charge >= 0.3 is 0 Å². The highest BCUT2D eigenvalue weighted by Gasteiger charge is 2.36. The lowest BCUT2D eigenvalue weighted by Gasteiger charge is -2.08. The summed E-state index contributed by atoms with van der Waals surface area (Å²) >= 11 is 5.33. The first kappa shape index (κ1) is 16.8. The number of ether oxygens (including phenoxy) is 1. The van der Waals surface area contributed by atoms with Crippen molar-refractivity contribution in [2.75, 3.05) is 6.61 Å². The van der Waals surface area contributed by atoms with Crippen molar-refractivity contribution in [1.29, 1.82) is 0 Å². The molecule has 4 rings (SSSR count). The number of furan rings is 1. The van der Waals surface area contributed by atoms with E-state index in [9.17, 15) is 0 Å². The summed E-state index contributed by atoms with van der Waals surface area (Å²) < 4.78 is 13.6. The van der Waals surface area contributed by atoms with Gasteiger partial charge in [-0.3, -0.25) is 0 Å². The van der Waals surface area contributed by atoms with E-state index in [0.717, 1.165) is 17.1 Å². The van der Waals surface area contributed by atoms with E-state index in [2.05, 4.69) is 22.2 Å². The average Bonchev–Trinajstić information content (AvgIpc) is 3.04. The van der Waals surface area contributed by atoms with Crippen LogP contribution in [0.3, 0.4) is 0 Å². The van der Waals surface area contributed by atoms with Crippen molar-refractivity contribution in [1.82, 2.24) is 14.9 Å². The molecule has 7 heteroatoms. The standard InChI is InChI=1S/C19H20N4O2S/c1-3-24-16-7-5-4-6-14(16)18-21-22-19(26)23(18)20-11-13-8-9-17(25-13)15-10-12(15)2/h4-9,11-12,15H,3,10H2,1-2H3,(H,22,26)/b20-11-/t12-,15-/m1/s1. The number of nitrogens with zero attached hydrogens (tertiary/aromatic N) is 3. The molecule has 0 saturated heterocycles. The molecule has 2 heterocycles. The van der Waals surface area contributed by atoms with Crippen molar-refractivity contribution in [2.45, 2.75) is 26.2 Å². The second-order valence-corrected chi connectivity index (χ2v) is 6.78. The summed E-state index contributed by atoms with van der Waals surface area (Å²) in [6, 6.07) is 11.6. The van der Waals surface area contributed by atoms with E-state index < -0.39 is 0 Å². The van der Waals surface area contributed by atoms with Gasteiger partial charge in [0, 0.05) is 5.92 Å². The van der Waals surface area contributed by atoms with Crippen LogP contribution in [0.1, 0.15) is 37.7 Å². The first-order chi connectivity index (χ1) is 12.7. The third-order valence-electron chi connectivity index (χ3n) is 4.50. The lowest BCUT2D eigenvalue weighted by Crippen LogP contribution is -1.98. The molecule has 0 radical (unpaired) electrons. The Morgan fingerprint density at radius 1 is 1.38 bits per heavy atom. The van der Waals surface area contributed by atoms with E-state index in [1.807, 2.05) is 43.3 Å². The number of para-hydroxylation sites is 1. The number of benzene rings is 1. The van der Waals surface area contributed by atoms with Crippen LogP contribution in [0, 0.1) is 10.7 Å². The predicted molar refractivity (Wildman–Crippen MR) is 102 cm³/mol. The smallest absolute Gasteiger partial charge is 0.216 e. The van der Waals surface area contributed by atoms with Crippen molar-refractivity contribution >= 4 is 18.4 Å². The Hall–Kier alpha value is -2.67. The molecule has 26 heavy (non-hydrogen) atoms. The number of aromatic nitrogens is 3. The quantitative estimate of drug-likeness (QED) is 0.510. The fraction of sp³-hybridized carbons (Fsp3) is 0.316. The summed E-state index contributed by atoms with van der Waals surface area (Å²) in [5.74, 6) is 4.31. The van der Waals surface area contributed by atoms with Gasteiger partial charge in [0.25, 0.3) is 0 Å². The van der Waals surface area contributed by atoms with Gasteiger partial charge in [-0.15, -0.1) is 0 Å². The molecule has 6 nitrogen and oxygen atoms in total. The Morgan fingerprint density at radius 3 is 2.96 bits per heavy atom. The van der Waals surface area contributed by atoms with Gasteiger partial charge in [0.05, 0.1) is 18.4 Å². The maximum absolute atomic E-state index is 5.87. The molecule has 0 spiro atoms. The zero-order chi connectivity index (χ0) is 18.1. The van der Waals surface area contributed by atoms with Crippen LogP contribution in [0.25, 0.3) is 11.4 Å². The maximum atomic E-state index is 5.87. The number of aromatic amines is 1. The van der Waals surface area contributed by atoms with Crippen molar-refractivity contribution in [3.63, 3.8) is 0 Å². The fourth-order valence-corrected chi connectivity index (χ4v) is 3.16. The number of H-pyrrole nitrogens is 1. The van der Waals surface area contributed by atoms with E-state index in [1.165, 1.54) is 6.42 Å². The van der Waals surface area contributed by atoms with E-state index in [1.54, 1.807) is 10.9 Å². The predicted octanol–water partition coefficient (Wildman–Crippen LogP) is 4.60. The van der Waals surface area contributed by atoms with Crippen LogP contribution in [0.2, 0.25) is 0 Å². The molecule has 1 saturated carbocycles. The van der Waals surface area contributed by atoms with E-state index in [4.69, 9.17) is 21.4 Å². The first-order valence-electron chi connectivity index (χ1n) is 8.71. The number of nitrogens with one attached hydrogen (secondary N) is 1. The van der Waals surface area contributed by atoms with Crippen LogP contribution in [-0.2, 0) is 0 Å². The van der Waals surface area contributed by atoms with Gasteiger partial charge in [0.15, 0.2) is 5.82 Å². The van der Waals surface area contributed by atoms with Gasteiger partial charge in [-0.25, -0.2) is 5.10 Å². The summed E-state index contributed by atoms with van der Waals surface area (Å²) in [6.07, 6.45) is 2.85. The normalized spacial score (nSPS) is 19.2. The van der Waals surface area contributed by atoms with Crippen LogP contribution in [0.4, 0.5) is 0 Å². The fourth-order valence-electron chi connectivity index (χ4n) is 2.98. The summed E-state index contributed by atoms with van der Waals surface area (Å²) in [4.78, 5) is 0. The van der Waals surface area contributed by atoms with Crippen molar-refractivity contribution < 1.29 is 9.15 Å². The largest absolute Gasteiger partial charge is 0.493 e. The molecule has 2 aromatic heterocycles. The Morgan fingerprint density at radius 2 is 2.19 bits per heavy atom. The van der Waals surface area contributed by atoms with Crippen LogP contribution in [0.15, 0.2) is 45.9 Å². The molecule has 0 bridgehead atoms. The SMILES string of the molecule is CCOc1ccccc1-c1n[nH]c(=S)n1/N=C\c1ccc([C@@H]2C[C@H]2C)o1. The summed E-state index contributed by atoms with van der Waals surface area (Å²) in [7, 11) is 0. The Labute approximate surface area is 156 Å². The van der Waals surface area contributed by atoms with Gasteiger partial charge in [-0.2, -0.15) is 14.9 Å². The van der Waals surface area contributed by atoms with Crippen LogP contribution in [0.5, 0.6) is 5.75 Å². The molecule has 1 aliphatic rings. The molecular weight excluding hydrogens is 348 g/mol. The zero-order valence-electron chi connectivity index (χ0n) is 14.7. The maximum Gasteiger partial charge on any atom is 0.216 e. The third kappa shape index (κ3) is 3.22. The monoisotopic (exact) mass is 368 g/mol. The molecule has 134 valence electrons. The van der Waals surface area contributed by atoms with Crippen molar-refractivity contribution in [2.24, 2.45) is 11.0 Å². The highest BCUT2D eigenvalue weighted by Crippen LogP contribution is 2.47. The van der Waals surface area contributed by atoms with E-state index in [0.29, 0.717) is 34.8 Å². The number of hydrogen-bond donors (Lipinski definition) is 1. The lowest BCUT2D eigenvalue weighted by molar-refractivity contribution is 0.341. The van der Waals surface area contributed by atoms with Gasteiger partial charge in [0.2, 0.25) is 4.77 Å². The van der Waals surface area contributed by atoms with Gasteiger partial charge < -0.3 is 9.15 Å². The molecule has 1 fully saturated rings. The Kier molecular flexibility index (Phi) is 4.46. The van der Waals surface area contributed by atoms with Gasteiger partial charge in [0.1, 0.15) is 17.3 Å². The minimum Gasteiger partial charge on any atom is -0.493 e. The Bertz CT molecular complexity index is 1000. The van der Waals surface area contributed by atoms with Gasteiger partial charge in [-0.1, -0.05) is 19.1 Å². The highest BCUT2D eigenvalue weighted by atomic mass is 32.1. The second kappa shape index (κ2) is 6.92. The summed E-state index contributed by atoms with van der Waals surface area (Å²) in [6.45, 7) is 4.75. The van der Waals surface area contributed by atoms with Crippen LogP contribution >= 0.6 is 12.2 Å². The van der Waals surface area contributed by atoms with Crippen molar-refractivity contribution in [3.05, 3.63) is 52.7 Å². The molecule has 0 unspecified atom stereocenters. The zero-order valence-corrected chi connectivity index (χ0v) is 15.5. The number of hydrogen-bond acceptors (Lipinski definition) is 5. The molecule has 1 aromatic carbocycles. The lowest BCUT2D eigenvalue weighted by atomic mass is 10.2. The molecule has 0 aliphatic heterocycles. The molecule has 0 amide bonds. The minimum atomic E-state index is 0.408. The van der Waals surface area contributed by atoms with E-state index in [-0.39, 0.29) is 0 Å². The third-order valence-corrected chi connectivity index (χ3v) is 4.77. The highest BCUT2D eigenvalue weighted by molar-refractivity contribution is 7.71. The van der Waals surface area contributed by atoms with Crippen LogP contribution < -0.4 is 4.74 Å². The average molecular weight is 368 g/mol. The molecule has 1 N–H and O–H groups in total. The van der Waals surface area contributed by atoms with Crippen molar-refractivity contribution in [3.8, 4) is 17.1 Å². The van der Waals surface area contributed by atoms with E-state index >= 15 is 0 Å². The summed E-state index contributed by atoms with van der Waals surface area (Å²) in [5.41, 5.74) is 0.825. The molecule has 3 aromatic rings.